The SMILES string of the molecule is CN(C)CCNC(=O)[C@@H](NC(=O)n1nc(-c2ccc(F)c(F)c2)c2c1CCOC2)C(C)(C)C. The average molecular weight is 464 g/mol. The molecular weight excluding hydrogens is 432 g/mol. The summed E-state index contributed by atoms with van der Waals surface area (Å²) in [6.45, 7) is 7.30. The quantitative estimate of drug-likeness (QED) is 0.688. The second kappa shape index (κ2) is 9.96. The molecule has 2 aromatic rings. The van der Waals surface area contributed by atoms with Gasteiger partial charge < -0.3 is 20.3 Å². The zero-order valence-electron chi connectivity index (χ0n) is 19.7. The van der Waals surface area contributed by atoms with Crippen LogP contribution in [0.2, 0.25) is 0 Å². The van der Waals surface area contributed by atoms with Crippen LogP contribution in [-0.2, 0) is 22.6 Å². The van der Waals surface area contributed by atoms with Crippen molar-refractivity contribution in [2.45, 2.75) is 39.8 Å². The Morgan fingerprint density at radius 1 is 1.24 bits per heavy atom. The Morgan fingerprint density at radius 3 is 2.61 bits per heavy atom. The first-order valence-electron chi connectivity index (χ1n) is 10.9. The Kier molecular flexibility index (Phi) is 7.48. The van der Waals surface area contributed by atoms with Crippen LogP contribution in [0, 0.1) is 17.0 Å². The van der Waals surface area contributed by atoms with Gasteiger partial charge in [0.05, 0.1) is 24.6 Å². The highest BCUT2D eigenvalue weighted by atomic mass is 19.2. The maximum Gasteiger partial charge on any atom is 0.343 e. The van der Waals surface area contributed by atoms with Crippen LogP contribution in [0.5, 0.6) is 0 Å². The van der Waals surface area contributed by atoms with E-state index >= 15 is 0 Å². The van der Waals surface area contributed by atoms with E-state index in [1.165, 1.54) is 10.7 Å². The van der Waals surface area contributed by atoms with Crippen LogP contribution in [0.1, 0.15) is 32.0 Å². The van der Waals surface area contributed by atoms with Gasteiger partial charge in [-0.3, -0.25) is 4.79 Å². The van der Waals surface area contributed by atoms with Gasteiger partial charge in [-0.05, 0) is 37.7 Å². The first-order valence-corrected chi connectivity index (χ1v) is 10.9. The molecule has 1 aliphatic heterocycles. The lowest BCUT2D eigenvalue weighted by Crippen LogP contribution is -2.55. The highest BCUT2D eigenvalue weighted by Crippen LogP contribution is 2.30. The van der Waals surface area contributed by atoms with Gasteiger partial charge in [-0.1, -0.05) is 20.8 Å². The van der Waals surface area contributed by atoms with E-state index in [-0.39, 0.29) is 12.5 Å². The first kappa shape index (κ1) is 24.8. The van der Waals surface area contributed by atoms with Crippen molar-refractivity contribution in [3.63, 3.8) is 0 Å². The fourth-order valence-electron chi connectivity index (χ4n) is 3.64. The molecule has 33 heavy (non-hydrogen) atoms. The summed E-state index contributed by atoms with van der Waals surface area (Å²) in [6.07, 6.45) is 0.425. The van der Waals surface area contributed by atoms with E-state index in [0.717, 1.165) is 12.1 Å². The van der Waals surface area contributed by atoms with E-state index < -0.39 is 29.1 Å². The molecule has 1 aromatic carbocycles. The number of carbonyl (C=O) groups is 2. The van der Waals surface area contributed by atoms with Crippen molar-refractivity contribution in [3.05, 3.63) is 41.1 Å². The van der Waals surface area contributed by atoms with Gasteiger partial charge >= 0.3 is 6.03 Å². The zero-order chi connectivity index (χ0) is 24.3. The van der Waals surface area contributed by atoms with E-state index in [0.29, 0.717) is 48.6 Å². The summed E-state index contributed by atoms with van der Waals surface area (Å²) in [7, 11) is 3.81. The topological polar surface area (TPSA) is 88.5 Å². The number of nitrogens with zero attached hydrogens (tertiary/aromatic N) is 3. The van der Waals surface area contributed by atoms with Crippen molar-refractivity contribution in [1.82, 2.24) is 25.3 Å². The summed E-state index contributed by atoms with van der Waals surface area (Å²) < 4.78 is 34.0. The van der Waals surface area contributed by atoms with E-state index in [1.807, 2.05) is 39.8 Å². The average Bonchev–Trinajstić information content (AvgIpc) is 3.12. The third-order valence-electron chi connectivity index (χ3n) is 5.46. The molecule has 1 aliphatic rings. The fraction of sp³-hybridized carbons (Fsp3) is 0.522. The molecule has 0 aliphatic carbocycles. The van der Waals surface area contributed by atoms with E-state index in [1.54, 1.807) is 0 Å². The van der Waals surface area contributed by atoms with Crippen LogP contribution in [0.4, 0.5) is 13.6 Å². The van der Waals surface area contributed by atoms with Crippen LogP contribution in [-0.4, -0.2) is 66.5 Å². The Balaban J connectivity index is 1.89. The molecule has 0 saturated carbocycles. The van der Waals surface area contributed by atoms with Crippen LogP contribution in [0.25, 0.3) is 11.3 Å². The number of hydrogen-bond acceptors (Lipinski definition) is 5. The highest BCUT2D eigenvalue weighted by Gasteiger charge is 2.34. The van der Waals surface area contributed by atoms with Crippen LogP contribution < -0.4 is 10.6 Å². The minimum Gasteiger partial charge on any atom is -0.376 e. The number of rotatable bonds is 6. The summed E-state index contributed by atoms with van der Waals surface area (Å²) in [5, 5.41) is 10.1. The monoisotopic (exact) mass is 463 g/mol. The summed E-state index contributed by atoms with van der Waals surface area (Å²) in [5.74, 6) is -2.25. The number of hydrogen-bond donors (Lipinski definition) is 2. The molecule has 2 heterocycles. The predicted octanol–water partition coefficient (Wildman–Crippen LogP) is 2.55. The molecule has 0 bridgehead atoms. The molecule has 3 rings (SSSR count). The lowest BCUT2D eigenvalue weighted by molar-refractivity contribution is -0.125. The van der Waals surface area contributed by atoms with E-state index in [9.17, 15) is 18.4 Å². The van der Waals surface area contributed by atoms with Gasteiger partial charge in [0.25, 0.3) is 0 Å². The second-order valence-corrected chi connectivity index (χ2v) is 9.46. The van der Waals surface area contributed by atoms with Crippen molar-refractivity contribution in [2.75, 3.05) is 33.8 Å². The summed E-state index contributed by atoms with van der Waals surface area (Å²) in [4.78, 5) is 28.1. The number of nitrogens with one attached hydrogen (secondary N) is 2. The van der Waals surface area contributed by atoms with Crippen molar-refractivity contribution in [1.29, 1.82) is 0 Å². The van der Waals surface area contributed by atoms with Gasteiger partial charge in [-0.25, -0.2) is 13.6 Å². The molecule has 1 atom stereocenters. The number of amides is 2. The lowest BCUT2D eigenvalue weighted by atomic mass is 9.86. The minimum absolute atomic E-state index is 0.199. The number of halogens is 2. The van der Waals surface area contributed by atoms with Gasteiger partial charge in [-0.2, -0.15) is 9.78 Å². The van der Waals surface area contributed by atoms with Crippen molar-refractivity contribution in [2.24, 2.45) is 5.41 Å². The van der Waals surface area contributed by atoms with Gasteiger partial charge in [0, 0.05) is 30.6 Å². The van der Waals surface area contributed by atoms with Gasteiger partial charge in [-0.15, -0.1) is 0 Å². The van der Waals surface area contributed by atoms with Gasteiger partial charge in [0.1, 0.15) is 6.04 Å². The molecule has 8 nitrogen and oxygen atoms in total. The third-order valence-corrected chi connectivity index (χ3v) is 5.46. The van der Waals surface area contributed by atoms with Gasteiger partial charge in [0.2, 0.25) is 5.91 Å². The smallest absolute Gasteiger partial charge is 0.343 e. The maximum absolute atomic E-state index is 13.8. The number of carbonyl (C=O) groups excluding carboxylic acids is 2. The molecule has 0 unspecified atom stereocenters. The molecule has 1 aromatic heterocycles. The number of fused-ring (bicyclic) bond motifs is 1. The Labute approximate surface area is 192 Å². The summed E-state index contributed by atoms with van der Waals surface area (Å²) in [6, 6.07) is 2.11. The van der Waals surface area contributed by atoms with E-state index in [4.69, 9.17) is 4.74 Å². The second-order valence-electron chi connectivity index (χ2n) is 9.46. The molecular formula is C23H31F2N5O3. The highest BCUT2D eigenvalue weighted by molar-refractivity contribution is 5.89. The Bertz CT molecular complexity index is 1030. The zero-order valence-corrected chi connectivity index (χ0v) is 19.7. The largest absolute Gasteiger partial charge is 0.376 e. The van der Waals surface area contributed by atoms with Crippen molar-refractivity contribution >= 4 is 11.9 Å². The molecule has 0 saturated heterocycles. The van der Waals surface area contributed by atoms with Crippen LogP contribution in [0.3, 0.4) is 0 Å². The van der Waals surface area contributed by atoms with Crippen LogP contribution in [0.15, 0.2) is 18.2 Å². The van der Waals surface area contributed by atoms with Crippen molar-refractivity contribution < 1.29 is 23.1 Å². The number of aromatic nitrogens is 2. The van der Waals surface area contributed by atoms with Crippen LogP contribution >= 0.6 is 0 Å². The lowest BCUT2D eigenvalue weighted by Gasteiger charge is -2.30. The maximum atomic E-state index is 13.8. The molecule has 2 amide bonds. The third kappa shape index (κ3) is 5.75. The molecule has 10 heteroatoms. The van der Waals surface area contributed by atoms with Gasteiger partial charge in [0.15, 0.2) is 11.6 Å². The normalized spacial score (nSPS) is 14.7. The first-order chi connectivity index (χ1) is 15.5. The Morgan fingerprint density at radius 2 is 1.97 bits per heavy atom. The molecule has 2 N–H and O–H groups in total. The molecule has 0 spiro atoms. The number of likely N-dealkylation sites (N-methyl/N-ethyl adjacent to an activating group) is 1. The standard InChI is InChI=1S/C23H31F2N5O3/c1-23(2,3)20(21(31)26-9-10-29(4)5)27-22(32)30-18-8-11-33-13-15(18)19(28-30)14-6-7-16(24)17(25)12-14/h6-7,12,20H,8-11,13H2,1-5H3,(H,26,31)(H,27,32)/t20-/m1/s1. The fourth-order valence-corrected chi connectivity index (χ4v) is 3.64. The van der Waals surface area contributed by atoms with E-state index in [2.05, 4.69) is 15.7 Å². The minimum atomic E-state index is -1.00. The Hall–Kier alpha value is -2.85. The number of ether oxygens (including phenoxy) is 1. The van der Waals surface area contributed by atoms with Crippen molar-refractivity contribution in [3.8, 4) is 11.3 Å². The number of benzene rings is 1. The summed E-state index contributed by atoms with van der Waals surface area (Å²) >= 11 is 0. The molecule has 180 valence electrons. The molecule has 0 fully saturated rings. The summed E-state index contributed by atoms with van der Waals surface area (Å²) in [5.41, 5.74) is 1.40. The predicted molar refractivity (Wildman–Crippen MR) is 120 cm³/mol. The molecule has 0 radical (unpaired) electrons.